The molecular formula is C23H28N6O2. The Morgan fingerprint density at radius 2 is 1.45 bits per heavy atom. The van der Waals surface area contributed by atoms with E-state index in [4.69, 9.17) is 0 Å². The molecule has 3 rings (SSSR count). The monoisotopic (exact) mass is 420 g/mol. The minimum Gasteiger partial charge on any atom is -0.352 e. The van der Waals surface area contributed by atoms with Crippen LogP contribution in [0.1, 0.15) is 59.2 Å². The standard InChI is InChI=1S/C23H28N6O2/c30-22(19-8-7-11-24-16-19)26-12-5-3-1-2-4-6-13-27-23(31)20-9-10-21(28-17-20)29-15-14-25-18-29/h7-11,14-18H,1-6,12-13H2,(H,26,30)(H,27,31). The smallest absolute Gasteiger partial charge is 0.252 e. The van der Waals surface area contributed by atoms with Gasteiger partial charge in [0.05, 0.1) is 11.1 Å². The molecule has 0 radical (unpaired) electrons. The van der Waals surface area contributed by atoms with E-state index in [0.29, 0.717) is 24.2 Å². The Balaban J connectivity index is 1.19. The number of nitrogens with zero attached hydrogens (tertiary/aromatic N) is 4. The zero-order valence-corrected chi connectivity index (χ0v) is 17.5. The number of hydrogen-bond donors (Lipinski definition) is 2. The van der Waals surface area contributed by atoms with Gasteiger partial charge in [0.1, 0.15) is 12.1 Å². The van der Waals surface area contributed by atoms with E-state index in [1.807, 2.05) is 0 Å². The van der Waals surface area contributed by atoms with Gasteiger partial charge in [0, 0.05) is 44.1 Å². The first kappa shape index (κ1) is 22.1. The zero-order chi connectivity index (χ0) is 21.7. The molecule has 3 aromatic heterocycles. The summed E-state index contributed by atoms with van der Waals surface area (Å²) >= 11 is 0. The van der Waals surface area contributed by atoms with Crippen LogP contribution in [0.25, 0.3) is 5.82 Å². The molecule has 8 heteroatoms. The van der Waals surface area contributed by atoms with Crippen molar-refractivity contribution in [2.45, 2.75) is 38.5 Å². The predicted octanol–water partition coefficient (Wildman–Crippen LogP) is 3.16. The Morgan fingerprint density at radius 3 is 2.00 bits per heavy atom. The molecular weight excluding hydrogens is 392 g/mol. The minimum atomic E-state index is -0.103. The Hall–Kier alpha value is -3.55. The van der Waals surface area contributed by atoms with Crippen LogP contribution in [-0.4, -0.2) is 44.4 Å². The molecule has 0 unspecified atom stereocenters. The fraction of sp³-hybridized carbons (Fsp3) is 0.348. The summed E-state index contributed by atoms with van der Waals surface area (Å²) in [5.41, 5.74) is 1.15. The Morgan fingerprint density at radius 1 is 0.774 bits per heavy atom. The van der Waals surface area contributed by atoms with Crippen molar-refractivity contribution < 1.29 is 9.59 Å². The first-order valence-corrected chi connectivity index (χ1v) is 10.6. The van der Waals surface area contributed by atoms with E-state index in [2.05, 4.69) is 25.6 Å². The maximum atomic E-state index is 12.2. The van der Waals surface area contributed by atoms with E-state index in [-0.39, 0.29) is 11.8 Å². The molecule has 162 valence electrons. The van der Waals surface area contributed by atoms with E-state index in [1.165, 1.54) is 0 Å². The van der Waals surface area contributed by atoms with Gasteiger partial charge >= 0.3 is 0 Å². The first-order valence-electron chi connectivity index (χ1n) is 10.6. The van der Waals surface area contributed by atoms with Gasteiger partial charge in [-0.15, -0.1) is 0 Å². The van der Waals surface area contributed by atoms with Crippen molar-refractivity contribution in [1.29, 1.82) is 0 Å². The number of hydrogen-bond acceptors (Lipinski definition) is 5. The maximum absolute atomic E-state index is 12.2. The van der Waals surface area contributed by atoms with Crippen molar-refractivity contribution in [2.24, 2.45) is 0 Å². The summed E-state index contributed by atoms with van der Waals surface area (Å²) in [5.74, 6) is 0.551. The number of aromatic nitrogens is 4. The van der Waals surface area contributed by atoms with Gasteiger partial charge in [-0.2, -0.15) is 0 Å². The maximum Gasteiger partial charge on any atom is 0.252 e. The molecule has 0 aliphatic heterocycles. The molecule has 0 aromatic carbocycles. The molecule has 0 atom stereocenters. The molecule has 0 aliphatic rings. The molecule has 2 N–H and O–H groups in total. The van der Waals surface area contributed by atoms with Crippen LogP contribution in [0.15, 0.2) is 61.6 Å². The number of imidazole rings is 1. The van der Waals surface area contributed by atoms with Crippen molar-refractivity contribution in [2.75, 3.05) is 13.1 Å². The van der Waals surface area contributed by atoms with E-state index < -0.39 is 0 Å². The topological polar surface area (TPSA) is 102 Å². The lowest BCUT2D eigenvalue weighted by molar-refractivity contribution is 0.0944. The Labute approximate surface area is 182 Å². The molecule has 2 amide bonds. The summed E-state index contributed by atoms with van der Waals surface area (Å²) in [7, 11) is 0. The molecule has 0 saturated carbocycles. The van der Waals surface area contributed by atoms with Crippen LogP contribution < -0.4 is 10.6 Å². The van der Waals surface area contributed by atoms with Crippen molar-refractivity contribution in [3.63, 3.8) is 0 Å². The average molecular weight is 421 g/mol. The first-order chi connectivity index (χ1) is 15.2. The predicted molar refractivity (Wildman–Crippen MR) is 118 cm³/mol. The highest BCUT2D eigenvalue weighted by atomic mass is 16.2. The third-order valence-electron chi connectivity index (χ3n) is 4.88. The van der Waals surface area contributed by atoms with Crippen LogP contribution in [-0.2, 0) is 0 Å². The van der Waals surface area contributed by atoms with Crippen LogP contribution in [0.3, 0.4) is 0 Å². The SMILES string of the molecule is O=C(NCCCCCCCCNC(=O)c1ccc(-n2ccnc2)nc1)c1cccnc1. The normalized spacial score (nSPS) is 10.6. The van der Waals surface area contributed by atoms with Crippen LogP contribution >= 0.6 is 0 Å². The van der Waals surface area contributed by atoms with Gasteiger partial charge in [0.2, 0.25) is 0 Å². The van der Waals surface area contributed by atoms with Crippen LogP contribution in [0.4, 0.5) is 0 Å². The van der Waals surface area contributed by atoms with Crippen LogP contribution in [0.2, 0.25) is 0 Å². The van der Waals surface area contributed by atoms with Crippen molar-refractivity contribution in [3.8, 4) is 5.82 Å². The lowest BCUT2D eigenvalue weighted by Crippen LogP contribution is -2.24. The molecule has 0 aliphatic carbocycles. The van der Waals surface area contributed by atoms with Crippen molar-refractivity contribution in [1.82, 2.24) is 30.2 Å². The molecule has 0 bridgehead atoms. The van der Waals surface area contributed by atoms with Crippen LogP contribution in [0.5, 0.6) is 0 Å². The number of unbranched alkanes of at least 4 members (excludes halogenated alkanes) is 5. The second kappa shape index (κ2) is 12.2. The van der Waals surface area contributed by atoms with E-state index >= 15 is 0 Å². The van der Waals surface area contributed by atoms with Gasteiger partial charge < -0.3 is 10.6 Å². The minimum absolute atomic E-state index is 0.0737. The molecule has 0 saturated heterocycles. The van der Waals surface area contributed by atoms with Gasteiger partial charge in [-0.1, -0.05) is 25.7 Å². The lowest BCUT2D eigenvalue weighted by Gasteiger charge is -2.07. The number of pyridine rings is 2. The molecule has 0 fully saturated rings. The summed E-state index contributed by atoms with van der Waals surface area (Å²) in [5, 5.41) is 5.86. The second-order valence-corrected chi connectivity index (χ2v) is 7.25. The summed E-state index contributed by atoms with van der Waals surface area (Å²) in [4.78, 5) is 36.3. The highest BCUT2D eigenvalue weighted by molar-refractivity contribution is 5.94. The summed E-state index contributed by atoms with van der Waals surface area (Å²) < 4.78 is 1.79. The number of carbonyl (C=O) groups excluding carboxylic acids is 2. The number of nitrogens with one attached hydrogen (secondary N) is 2. The third-order valence-corrected chi connectivity index (χ3v) is 4.88. The average Bonchev–Trinajstić information content (AvgIpc) is 3.36. The molecule has 3 aromatic rings. The number of amides is 2. The summed E-state index contributed by atoms with van der Waals surface area (Å²) in [6.07, 6.45) is 16.3. The van der Waals surface area contributed by atoms with Gasteiger partial charge in [0.15, 0.2) is 0 Å². The lowest BCUT2D eigenvalue weighted by atomic mass is 10.1. The van der Waals surface area contributed by atoms with Crippen molar-refractivity contribution in [3.05, 3.63) is 72.7 Å². The molecule has 0 spiro atoms. The number of carbonyl (C=O) groups is 2. The Bertz CT molecular complexity index is 926. The van der Waals surface area contributed by atoms with Crippen molar-refractivity contribution >= 4 is 11.8 Å². The van der Waals surface area contributed by atoms with E-state index in [1.54, 1.807) is 66.1 Å². The van der Waals surface area contributed by atoms with Crippen LogP contribution in [0, 0.1) is 0 Å². The second-order valence-electron chi connectivity index (χ2n) is 7.25. The summed E-state index contributed by atoms with van der Waals surface area (Å²) in [6, 6.07) is 7.08. The van der Waals surface area contributed by atoms with E-state index in [0.717, 1.165) is 44.3 Å². The fourth-order valence-corrected chi connectivity index (χ4v) is 3.13. The quantitative estimate of drug-likeness (QED) is 0.438. The number of rotatable bonds is 12. The summed E-state index contributed by atoms with van der Waals surface area (Å²) in [6.45, 7) is 1.33. The molecule has 3 heterocycles. The molecule has 31 heavy (non-hydrogen) atoms. The largest absolute Gasteiger partial charge is 0.352 e. The highest BCUT2D eigenvalue weighted by Crippen LogP contribution is 2.07. The Kier molecular flexibility index (Phi) is 8.72. The van der Waals surface area contributed by atoms with Gasteiger partial charge in [-0.25, -0.2) is 9.97 Å². The van der Waals surface area contributed by atoms with Gasteiger partial charge in [-0.05, 0) is 37.1 Å². The third kappa shape index (κ3) is 7.33. The highest BCUT2D eigenvalue weighted by Gasteiger charge is 2.06. The fourth-order valence-electron chi connectivity index (χ4n) is 3.13. The van der Waals surface area contributed by atoms with E-state index in [9.17, 15) is 9.59 Å². The zero-order valence-electron chi connectivity index (χ0n) is 17.5. The molecule has 8 nitrogen and oxygen atoms in total. The van der Waals surface area contributed by atoms with Gasteiger partial charge in [0.25, 0.3) is 11.8 Å². The van der Waals surface area contributed by atoms with Gasteiger partial charge in [-0.3, -0.25) is 19.1 Å².